The third-order valence-corrected chi connectivity index (χ3v) is 2.82. The lowest BCUT2D eigenvalue weighted by Gasteiger charge is -2.31. The molecule has 104 valence electrons. The Morgan fingerprint density at radius 2 is 1.53 bits per heavy atom. The van der Waals surface area contributed by atoms with E-state index >= 15 is 0 Å². The summed E-state index contributed by atoms with van der Waals surface area (Å²) in [6, 6.07) is 0. The second kappa shape index (κ2) is 11.9. The van der Waals surface area contributed by atoms with Gasteiger partial charge in [-0.05, 0) is 32.5 Å². The minimum atomic E-state index is 0.276. The van der Waals surface area contributed by atoms with Gasteiger partial charge in [0, 0.05) is 20.0 Å². The lowest BCUT2D eigenvalue weighted by Crippen LogP contribution is -2.39. The topological polar surface area (TPSA) is 23.6 Å². The lowest BCUT2D eigenvalue weighted by atomic mass is 9.95. The number of carbonyl (C=O) groups is 1. The molecule has 0 spiro atoms. The standard InChI is InChI=1S/C10H20N2O.2C2H6/c1-4-12-7-5-9(6-8-12)10(13)11(2)3;2*1-2/h9H,4-8H2,1-3H3;2*1-2H3. The van der Waals surface area contributed by atoms with Gasteiger partial charge in [0.2, 0.25) is 5.91 Å². The van der Waals surface area contributed by atoms with Gasteiger partial charge in [0.1, 0.15) is 0 Å². The molecule has 3 nitrogen and oxygen atoms in total. The molecule has 0 aromatic carbocycles. The van der Waals surface area contributed by atoms with Gasteiger partial charge < -0.3 is 9.80 Å². The van der Waals surface area contributed by atoms with Gasteiger partial charge in [0.25, 0.3) is 0 Å². The summed E-state index contributed by atoms with van der Waals surface area (Å²) in [5.41, 5.74) is 0. The highest BCUT2D eigenvalue weighted by Crippen LogP contribution is 2.18. The van der Waals surface area contributed by atoms with Crippen molar-refractivity contribution in [1.82, 2.24) is 9.80 Å². The van der Waals surface area contributed by atoms with E-state index in [4.69, 9.17) is 0 Å². The van der Waals surface area contributed by atoms with Gasteiger partial charge in [-0.1, -0.05) is 34.6 Å². The normalized spacial score (nSPS) is 16.2. The van der Waals surface area contributed by atoms with Gasteiger partial charge in [-0.25, -0.2) is 0 Å². The Balaban J connectivity index is 0. The van der Waals surface area contributed by atoms with Crippen molar-refractivity contribution < 1.29 is 4.79 Å². The van der Waals surface area contributed by atoms with Crippen LogP contribution in [0.5, 0.6) is 0 Å². The summed E-state index contributed by atoms with van der Waals surface area (Å²) in [6.45, 7) is 13.5. The molecular weight excluding hydrogens is 212 g/mol. The third-order valence-electron chi connectivity index (χ3n) is 2.82. The zero-order valence-electron chi connectivity index (χ0n) is 12.9. The molecular formula is C14H32N2O. The van der Waals surface area contributed by atoms with Crippen molar-refractivity contribution in [3.63, 3.8) is 0 Å². The fourth-order valence-electron chi connectivity index (χ4n) is 1.86. The molecule has 0 saturated carbocycles. The van der Waals surface area contributed by atoms with E-state index in [1.165, 1.54) is 0 Å². The number of hydrogen-bond acceptors (Lipinski definition) is 2. The molecule has 1 heterocycles. The van der Waals surface area contributed by atoms with E-state index < -0.39 is 0 Å². The molecule has 1 fully saturated rings. The Kier molecular flexibility index (Phi) is 13.2. The number of carbonyl (C=O) groups excluding carboxylic acids is 1. The highest BCUT2D eigenvalue weighted by molar-refractivity contribution is 5.78. The van der Waals surface area contributed by atoms with Gasteiger partial charge in [0.05, 0.1) is 0 Å². The quantitative estimate of drug-likeness (QED) is 0.746. The molecule has 17 heavy (non-hydrogen) atoms. The number of hydrogen-bond donors (Lipinski definition) is 0. The molecule has 0 bridgehead atoms. The van der Waals surface area contributed by atoms with Crippen molar-refractivity contribution >= 4 is 5.91 Å². The number of piperidine rings is 1. The summed E-state index contributed by atoms with van der Waals surface area (Å²) in [6.07, 6.45) is 2.07. The van der Waals surface area contributed by atoms with Crippen LogP contribution in [0.2, 0.25) is 0 Å². The molecule has 0 aromatic rings. The Morgan fingerprint density at radius 1 is 1.12 bits per heavy atom. The molecule has 0 aromatic heterocycles. The average molecular weight is 244 g/mol. The Morgan fingerprint density at radius 3 is 1.82 bits per heavy atom. The highest BCUT2D eigenvalue weighted by Gasteiger charge is 2.24. The fraction of sp³-hybridized carbons (Fsp3) is 0.929. The molecule has 1 aliphatic heterocycles. The molecule has 3 heteroatoms. The molecule has 1 rings (SSSR count). The van der Waals surface area contributed by atoms with Crippen LogP contribution < -0.4 is 0 Å². The zero-order chi connectivity index (χ0) is 13.8. The van der Waals surface area contributed by atoms with Crippen LogP contribution >= 0.6 is 0 Å². The molecule has 1 amide bonds. The van der Waals surface area contributed by atoms with Crippen LogP contribution in [-0.2, 0) is 4.79 Å². The number of amides is 1. The van der Waals surface area contributed by atoms with Crippen molar-refractivity contribution in [2.75, 3.05) is 33.7 Å². The van der Waals surface area contributed by atoms with Crippen LogP contribution in [0.25, 0.3) is 0 Å². The Labute approximate surface area is 108 Å². The summed E-state index contributed by atoms with van der Waals surface area (Å²) in [5.74, 6) is 0.577. The van der Waals surface area contributed by atoms with Crippen LogP contribution in [0, 0.1) is 5.92 Å². The van der Waals surface area contributed by atoms with Crippen molar-refractivity contribution in [2.45, 2.75) is 47.5 Å². The maximum Gasteiger partial charge on any atom is 0.225 e. The first-order valence-corrected chi connectivity index (χ1v) is 7.08. The predicted octanol–water partition coefficient (Wildman–Crippen LogP) is 2.86. The summed E-state index contributed by atoms with van der Waals surface area (Å²) >= 11 is 0. The Hall–Kier alpha value is -0.570. The number of likely N-dealkylation sites (tertiary alicyclic amines) is 1. The largest absolute Gasteiger partial charge is 0.349 e. The predicted molar refractivity (Wildman–Crippen MR) is 76.2 cm³/mol. The van der Waals surface area contributed by atoms with Gasteiger partial charge in [0.15, 0.2) is 0 Å². The third kappa shape index (κ3) is 7.37. The Bertz CT molecular complexity index is 173. The maximum atomic E-state index is 11.6. The molecule has 0 N–H and O–H groups in total. The van der Waals surface area contributed by atoms with Crippen molar-refractivity contribution in [3.05, 3.63) is 0 Å². The second-order valence-electron chi connectivity index (χ2n) is 3.94. The van der Waals surface area contributed by atoms with E-state index in [1.54, 1.807) is 4.90 Å². The molecule has 0 unspecified atom stereocenters. The van der Waals surface area contributed by atoms with Crippen molar-refractivity contribution in [2.24, 2.45) is 5.92 Å². The van der Waals surface area contributed by atoms with Crippen LogP contribution in [0.4, 0.5) is 0 Å². The van der Waals surface area contributed by atoms with E-state index in [9.17, 15) is 4.79 Å². The maximum absolute atomic E-state index is 11.6. The smallest absolute Gasteiger partial charge is 0.225 e. The van der Waals surface area contributed by atoms with Gasteiger partial charge in [-0.3, -0.25) is 4.79 Å². The van der Waals surface area contributed by atoms with Gasteiger partial charge >= 0.3 is 0 Å². The fourth-order valence-corrected chi connectivity index (χ4v) is 1.86. The SMILES string of the molecule is CC.CC.CCN1CCC(C(=O)N(C)C)CC1. The van der Waals surface area contributed by atoms with Crippen LogP contribution in [0.15, 0.2) is 0 Å². The summed E-state index contributed by atoms with van der Waals surface area (Å²) < 4.78 is 0. The molecule has 1 aliphatic rings. The first-order valence-electron chi connectivity index (χ1n) is 7.08. The summed E-state index contributed by atoms with van der Waals surface area (Å²) in [5, 5.41) is 0. The van der Waals surface area contributed by atoms with E-state index in [-0.39, 0.29) is 5.92 Å². The molecule has 0 aliphatic carbocycles. The van der Waals surface area contributed by atoms with E-state index in [2.05, 4.69) is 11.8 Å². The molecule has 0 atom stereocenters. The zero-order valence-corrected chi connectivity index (χ0v) is 12.9. The average Bonchev–Trinajstić information content (AvgIpc) is 2.42. The minimum absolute atomic E-state index is 0.276. The van der Waals surface area contributed by atoms with E-state index in [0.717, 1.165) is 32.5 Å². The first kappa shape index (κ1) is 18.8. The summed E-state index contributed by atoms with van der Waals surface area (Å²) in [7, 11) is 3.68. The van der Waals surface area contributed by atoms with Crippen LogP contribution in [0.3, 0.4) is 0 Å². The van der Waals surface area contributed by atoms with Crippen molar-refractivity contribution in [1.29, 1.82) is 0 Å². The van der Waals surface area contributed by atoms with Crippen LogP contribution in [-0.4, -0.2) is 49.4 Å². The lowest BCUT2D eigenvalue weighted by molar-refractivity contribution is -0.134. The van der Waals surface area contributed by atoms with E-state index in [1.807, 2.05) is 41.8 Å². The monoisotopic (exact) mass is 244 g/mol. The van der Waals surface area contributed by atoms with Crippen molar-refractivity contribution in [3.8, 4) is 0 Å². The molecule has 0 radical (unpaired) electrons. The van der Waals surface area contributed by atoms with Gasteiger partial charge in [-0.15, -0.1) is 0 Å². The van der Waals surface area contributed by atoms with E-state index in [0.29, 0.717) is 5.91 Å². The molecule has 1 saturated heterocycles. The number of nitrogens with zero attached hydrogens (tertiary/aromatic N) is 2. The number of rotatable bonds is 2. The second-order valence-corrected chi connectivity index (χ2v) is 3.94. The highest BCUT2D eigenvalue weighted by atomic mass is 16.2. The minimum Gasteiger partial charge on any atom is -0.349 e. The van der Waals surface area contributed by atoms with Gasteiger partial charge in [-0.2, -0.15) is 0 Å². The summed E-state index contributed by atoms with van der Waals surface area (Å²) in [4.78, 5) is 15.7. The van der Waals surface area contributed by atoms with Crippen LogP contribution in [0.1, 0.15) is 47.5 Å². The first-order chi connectivity index (χ1) is 8.15.